The van der Waals surface area contributed by atoms with E-state index in [0.29, 0.717) is 0 Å². The molecule has 4 nitrogen and oxygen atoms in total. The van der Waals surface area contributed by atoms with Gasteiger partial charge in [0.25, 0.3) is 0 Å². The largest absolute Gasteiger partial charge is 0.348 e. The fourth-order valence-electron chi connectivity index (χ4n) is 3.02. The summed E-state index contributed by atoms with van der Waals surface area (Å²) in [5.74, 6) is 0.824. The number of nitrogens with one attached hydrogen (secondary N) is 1. The van der Waals surface area contributed by atoms with Gasteiger partial charge in [-0.05, 0) is 29.7 Å². The van der Waals surface area contributed by atoms with Crippen LogP contribution < -0.4 is 5.32 Å². The topological polar surface area (TPSA) is 42.7 Å². The summed E-state index contributed by atoms with van der Waals surface area (Å²) < 4.78 is 3.06. The fraction of sp³-hybridized carbons (Fsp3) is 0.176. The van der Waals surface area contributed by atoms with E-state index in [1.807, 2.05) is 16.8 Å². The Labute approximate surface area is 137 Å². The van der Waals surface area contributed by atoms with Crippen molar-refractivity contribution in [1.82, 2.24) is 14.8 Å². The van der Waals surface area contributed by atoms with E-state index >= 15 is 0 Å². The van der Waals surface area contributed by atoms with Gasteiger partial charge in [0.05, 0.1) is 12.1 Å². The van der Waals surface area contributed by atoms with Crippen molar-refractivity contribution in [1.29, 1.82) is 0 Å². The first-order chi connectivity index (χ1) is 10.8. The van der Waals surface area contributed by atoms with Gasteiger partial charge in [0.1, 0.15) is 6.33 Å². The van der Waals surface area contributed by atoms with Crippen LogP contribution in [0.3, 0.4) is 0 Å². The lowest BCUT2D eigenvalue weighted by Crippen LogP contribution is -2.28. The average molecular weight is 355 g/mol. The van der Waals surface area contributed by atoms with Crippen molar-refractivity contribution >= 4 is 21.9 Å². The summed E-state index contributed by atoms with van der Waals surface area (Å²) >= 11 is 3.56. The molecule has 2 heterocycles. The first-order valence-corrected chi connectivity index (χ1v) is 8.07. The lowest BCUT2D eigenvalue weighted by molar-refractivity contribution is 0.430. The molecule has 2 unspecified atom stereocenters. The van der Waals surface area contributed by atoms with Crippen molar-refractivity contribution in [3.63, 3.8) is 0 Å². The van der Waals surface area contributed by atoms with Gasteiger partial charge in [-0.25, -0.2) is 4.68 Å². The van der Waals surface area contributed by atoms with Crippen LogP contribution >= 0.6 is 15.9 Å². The maximum Gasteiger partial charge on any atom is 0.222 e. The lowest BCUT2D eigenvalue weighted by atomic mass is 9.93. The van der Waals surface area contributed by atoms with Gasteiger partial charge in [0.15, 0.2) is 0 Å². The van der Waals surface area contributed by atoms with E-state index < -0.39 is 0 Å². The van der Waals surface area contributed by atoms with E-state index in [1.165, 1.54) is 11.1 Å². The minimum Gasteiger partial charge on any atom is -0.348 e. The standard InChI is InChI=1S/C17H15BrN4/c18-14-8-4-7-13(9-14)16-10-15(12-5-2-1-3-6-12)21-17-19-11-20-22(16)17/h1-9,11,15-16H,10H2,(H,19,20,21). The highest BCUT2D eigenvalue weighted by molar-refractivity contribution is 9.10. The average Bonchev–Trinajstić information content (AvgIpc) is 3.03. The van der Waals surface area contributed by atoms with E-state index in [2.05, 4.69) is 73.8 Å². The summed E-state index contributed by atoms with van der Waals surface area (Å²) in [7, 11) is 0. The van der Waals surface area contributed by atoms with Gasteiger partial charge in [-0.15, -0.1) is 0 Å². The second-order valence-electron chi connectivity index (χ2n) is 5.44. The number of hydrogen-bond acceptors (Lipinski definition) is 3. The summed E-state index contributed by atoms with van der Waals surface area (Å²) in [6.07, 6.45) is 2.55. The van der Waals surface area contributed by atoms with E-state index in [0.717, 1.165) is 16.8 Å². The highest BCUT2D eigenvalue weighted by Crippen LogP contribution is 2.37. The molecule has 1 N–H and O–H groups in total. The van der Waals surface area contributed by atoms with Crippen LogP contribution in [0.25, 0.3) is 0 Å². The van der Waals surface area contributed by atoms with Gasteiger partial charge >= 0.3 is 0 Å². The molecule has 0 fully saturated rings. The van der Waals surface area contributed by atoms with E-state index in [1.54, 1.807) is 6.33 Å². The summed E-state index contributed by atoms with van der Waals surface area (Å²) in [5.41, 5.74) is 2.51. The molecular formula is C17H15BrN4. The molecule has 0 radical (unpaired) electrons. The summed E-state index contributed by atoms with van der Waals surface area (Å²) in [4.78, 5) is 4.36. The highest BCUT2D eigenvalue weighted by Gasteiger charge is 2.29. The number of rotatable bonds is 2. The first kappa shape index (κ1) is 13.5. The second-order valence-corrected chi connectivity index (χ2v) is 6.36. The van der Waals surface area contributed by atoms with Gasteiger partial charge < -0.3 is 5.32 Å². The SMILES string of the molecule is Brc1cccc(C2CC(c3ccccc3)Nc3ncnn32)c1. The molecule has 0 amide bonds. The van der Waals surface area contributed by atoms with Crippen LogP contribution in [0.4, 0.5) is 5.95 Å². The number of benzene rings is 2. The Bertz CT molecular complexity index is 784. The van der Waals surface area contributed by atoms with Crippen molar-refractivity contribution in [2.24, 2.45) is 0 Å². The van der Waals surface area contributed by atoms with Gasteiger partial charge in [0.2, 0.25) is 5.95 Å². The van der Waals surface area contributed by atoms with Crippen LogP contribution in [-0.2, 0) is 0 Å². The second kappa shape index (κ2) is 5.57. The predicted octanol–water partition coefficient (Wildman–Crippen LogP) is 4.19. The number of fused-ring (bicyclic) bond motifs is 1. The molecule has 5 heteroatoms. The van der Waals surface area contributed by atoms with Gasteiger partial charge in [-0.3, -0.25) is 0 Å². The van der Waals surface area contributed by atoms with Crippen molar-refractivity contribution in [2.75, 3.05) is 5.32 Å². The number of anilines is 1. The number of hydrogen-bond donors (Lipinski definition) is 1. The number of halogens is 1. The zero-order valence-electron chi connectivity index (χ0n) is 11.9. The summed E-state index contributed by atoms with van der Waals surface area (Å²) in [5, 5.41) is 7.89. The molecule has 1 aliphatic rings. The van der Waals surface area contributed by atoms with Crippen molar-refractivity contribution < 1.29 is 0 Å². The Balaban J connectivity index is 1.75. The van der Waals surface area contributed by atoms with Gasteiger partial charge in [-0.1, -0.05) is 58.4 Å². The normalized spacial score (nSPS) is 20.2. The van der Waals surface area contributed by atoms with Crippen molar-refractivity contribution in [3.8, 4) is 0 Å². The molecule has 0 saturated carbocycles. The minimum absolute atomic E-state index is 0.182. The van der Waals surface area contributed by atoms with E-state index in [4.69, 9.17) is 0 Å². The molecule has 0 saturated heterocycles. The molecule has 3 aromatic rings. The van der Waals surface area contributed by atoms with Crippen molar-refractivity contribution in [3.05, 3.63) is 76.5 Å². The van der Waals surface area contributed by atoms with Crippen molar-refractivity contribution in [2.45, 2.75) is 18.5 Å². The monoisotopic (exact) mass is 354 g/mol. The van der Waals surface area contributed by atoms with Gasteiger partial charge in [0, 0.05) is 4.47 Å². The maximum absolute atomic E-state index is 4.40. The molecule has 4 rings (SSSR count). The third kappa shape index (κ3) is 2.41. The first-order valence-electron chi connectivity index (χ1n) is 7.28. The molecular weight excluding hydrogens is 340 g/mol. The molecule has 0 spiro atoms. The molecule has 2 atom stereocenters. The predicted molar refractivity (Wildman–Crippen MR) is 89.7 cm³/mol. The molecule has 0 bridgehead atoms. The minimum atomic E-state index is 0.182. The van der Waals surface area contributed by atoms with Crippen LogP contribution in [0.1, 0.15) is 29.6 Å². The highest BCUT2D eigenvalue weighted by atomic mass is 79.9. The molecule has 22 heavy (non-hydrogen) atoms. The van der Waals surface area contributed by atoms with E-state index in [9.17, 15) is 0 Å². The maximum atomic E-state index is 4.40. The Morgan fingerprint density at radius 1 is 1.05 bits per heavy atom. The van der Waals surface area contributed by atoms with Crippen LogP contribution in [-0.4, -0.2) is 14.8 Å². The quantitative estimate of drug-likeness (QED) is 0.750. The Hall–Kier alpha value is -2.14. The smallest absolute Gasteiger partial charge is 0.222 e. The van der Waals surface area contributed by atoms with E-state index in [-0.39, 0.29) is 12.1 Å². The summed E-state index contributed by atoms with van der Waals surface area (Å²) in [6.45, 7) is 0. The molecule has 110 valence electrons. The Kier molecular flexibility index (Phi) is 3.42. The Morgan fingerprint density at radius 3 is 2.68 bits per heavy atom. The molecule has 1 aromatic heterocycles. The lowest BCUT2D eigenvalue weighted by Gasteiger charge is -2.31. The number of aromatic nitrogens is 3. The fourth-order valence-corrected chi connectivity index (χ4v) is 3.43. The van der Waals surface area contributed by atoms with Crippen LogP contribution in [0.2, 0.25) is 0 Å². The molecule has 0 aliphatic carbocycles. The van der Waals surface area contributed by atoms with Crippen LogP contribution in [0, 0.1) is 0 Å². The Morgan fingerprint density at radius 2 is 1.86 bits per heavy atom. The third-order valence-corrected chi connectivity index (χ3v) is 4.56. The number of nitrogens with zero attached hydrogens (tertiary/aromatic N) is 3. The molecule has 2 aromatic carbocycles. The van der Waals surface area contributed by atoms with Gasteiger partial charge in [-0.2, -0.15) is 10.1 Å². The summed E-state index contributed by atoms with van der Waals surface area (Å²) in [6, 6.07) is 19.3. The third-order valence-electron chi connectivity index (χ3n) is 4.07. The molecule has 1 aliphatic heterocycles. The van der Waals surface area contributed by atoms with Crippen LogP contribution in [0.5, 0.6) is 0 Å². The zero-order valence-corrected chi connectivity index (χ0v) is 13.4. The zero-order chi connectivity index (χ0) is 14.9. The van der Waals surface area contributed by atoms with Crippen LogP contribution in [0.15, 0.2) is 65.4 Å².